The van der Waals surface area contributed by atoms with Gasteiger partial charge in [0.15, 0.2) is 0 Å². The molecule has 2 N–H and O–H groups in total. The zero-order valence-corrected chi connectivity index (χ0v) is 15.0. The number of carboxylic acid groups (broad SMARTS) is 1. The molecule has 1 heterocycles. The Morgan fingerprint density at radius 2 is 1.71 bits per heavy atom. The van der Waals surface area contributed by atoms with E-state index in [-0.39, 0.29) is 0 Å². The maximum absolute atomic E-state index is 11.9. The lowest BCUT2D eigenvalue weighted by atomic mass is 9.87. The average molecular weight is 389 g/mol. The molecule has 24 heavy (non-hydrogen) atoms. The van der Waals surface area contributed by atoms with Gasteiger partial charge in [0.2, 0.25) is 0 Å². The first kappa shape index (κ1) is 17.0. The Morgan fingerprint density at radius 1 is 1.08 bits per heavy atom. The smallest absolute Gasteiger partial charge is 0.329 e. The van der Waals surface area contributed by atoms with Crippen molar-refractivity contribution in [1.82, 2.24) is 4.90 Å². The standard InChI is InChI=1S/C19H21BrN2O2/c20-16-6-8-17(9-7-16)21-19(18(23)24)10-12-22(13-11-19)14-15-4-2-1-3-5-15/h1-9,21H,10-14H2,(H,23,24). The van der Waals surface area contributed by atoms with Gasteiger partial charge in [-0.15, -0.1) is 0 Å². The Hall–Kier alpha value is -1.85. The van der Waals surface area contributed by atoms with Crippen molar-refractivity contribution in [2.75, 3.05) is 18.4 Å². The summed E-state index contributed by atoms with van der Waals surface area (Å²) in [7, 11) is 0. The number of piperidine rings is 1. The van der Waals surface area contributed by atoms with Gasteiger partial charge in [-0.05, 0) is 42.7 Å². The van der Waals surface area contributed by atoms with Gasteiger partial charge in [-0.2, -0.15) is 0 Å². The zero-order valence-electron chi connectivity index (χ0n) is 13.4. The molecular weight excluding hydrogens is 368 g/mol. The minimum Gasteiger partial charge on any atom is -0.480 e. The minimum atomic E-state index is -0.888. The third-order valence-electron chi connectivity index (χ3n) is 4.60. The predicted molar refractivity (Wildman–Crippen MR) is 99.1 cm³/mol. The largest absolute Gasteiger partial charge is 0.480 e. The second-order valence-electron chi connectivity index (χ2n) is 6.28. The lowest BCUT2D eigenvalue weighted by Gasteiger charge is -2.40. The van der Waals surface area contributed by atoms with E-state index in [0.29, 0.717) is 12.8 Å². The number of nitrogens with zero attached hydrogens (tertiary/aromatic N) is 1. The van der Waals surface area contributed by atoms with E-state index in [4.69, 9.17) is 0 Å². The van der Waals surface area contributed by atoms with Crippen LogP contribution in [-0.4, -0.2) is 34.6 Å². The minimum absolute atomic E-state index is 0.589. The molecule has 126 valence electrons. The molecule has 0 saturated carbocycles. The molecule has 2 aromatic rings. The molecule has 0 amide bonds. The molecule has 1 saturated heterocycles. The van der Waals surface area contributed by atoms with Gasteiger partial charge in [0.1, 0.15) is 5.54 Å². The fraction of sp³-hybridized carbons (Fsp3) is 0.316. The summed E-state index contributed by atoms with van der Waals surface area (Å²) in [6.45, 7) is 2.41. The molecule has 1 aliphatic heterocycles. The van der Waals surface area contributed by atoms with Crippen LogP contribution >= 0.6 is 15.9 Å². The molecule has 0 aromatic heterocycles. The van der Waals surface area contributed by atoms with Gasteiger partial charge in [0, 0.05) is 29.8 Å². The van der Waals surface area contributed by atoms with E-state index in [1.54, 1.807) is 0 Å². The maximum atomic E-state index is 11.9. The normalized spacial score (nSPS) is 17.4. The number of carbonyl (C=O) groups is 1. The van der Waals surface area contributed by atoms with Crippen LogP contribution in [0.5, 0.6) is 0 Å². The van der Waals surface area contributed by atoms with Crippen LogP contribution in [0.3, 0.4) is 0 Å². The fourth-order valence-corrected chi connectivity index (χ4v) is 3.40. The third-order valence-corrected chi connectivity index (χ3v) is 5.12. The van der Waals surface area contributed by atoms with Crippen molar-refractivity contribution in [3.8, 4) is 0 Å². The van der Waals surface area contributed by atoms with Gasteiger partial charge >= 0.3 is 5.97 Å². The summed E-state index contributed by atoms with van der Waals surface area (Å²) < 4.78 is 0.982. The first-order valence-electron chi connectivity index (χ1n) is 8.11. The van der Waals surface area contributed by atoms with Crippen molar-refractivity contribution in [3.05, 3.63) is 64.6 Å². The number of halogens is 1. The highest BCUT2D eigenvalue weighted by atomic mass is 79.9. The highest BCUT2D eigenvalue weighted by Gasteiger charge is 2.41. The van der Waals surface area contributed by atoms with Crippen molar-refractivity contribution in [2.45, 2.75) is 24.9 Å². The van der Waals surface area contributed by atoms with Gasteiger partial charge in [0.05, 0.1) is 0 Å². The first-order valence-corrected chi connectivity index (χ1v) is 8.90. The Balaban J connectivity index is 1.65. The number of nitrogens with one attached hydrogen (secondary N) is 1. The molecule has 0 bridgehead atoms. The number of benzene rings is 2. The fourth-order valence-electron chi connectivity index (χ4n) is 3.14. The van der Waals surface area contributed by atoms with E-state index in [1.807, 2.05) is 42.5 Å². The Labute approximate surface area is 150 Å². The van der Waals surface area contributed by atoms with E-state index >= 15 is 0 Å². The lowest BCUT2D eigenvalue weighted by Crippen LogP contribution is -2.54. The van der Waals surface area contributed by atoms with Crippen LogP contribution < -0.4 is 5.32 Å². The number of aliphatic carboxylic acids is 1. The van der Waals surface area contributed by atoms with Crippen LogP contribution in [0.4, 0.5) is 5.69 Å². The average Bonchev–Trinajstić information content (AvgIpc) is 2.59. The van der Waals surface area contributed by atoms with Crippen molar-refractivity contribution in [2.24, 2.45) is 0 Å². The molecule has 5 heteroatoms. The summed E-state index contributed by atoms with van der Waals surface area (Å²) >= 11 is 3.40. The Bertz CT molecular complexity index is 680. The van der Waals surface area contributed by atoms with E-state index in [2.05, 4.69) is 38.3 Å². The topological polar surface area (TPSA) is 52.6 Å². The van der Waals surface area contributed by atoms with Gasteiger partial charge in [-0.1, -0.05) is 46.3 Å². The molecule has 4 nitrogen and oxygen atoms in total. The molecule has 1 aliphatic rings. The second-order valence-corrected chi connectivity index (χ2v) is 7.20. The Kier molecular flexibility index (Phi) is 5.21. The number of likely N-dealkylation sites (tertiary alicyclic amines) is 1. The van der Waals surface area contributed by atoms with Crippen LogP contribution in [0.25, 0.3) is 0 Å². The van der Waals surface area contributed by atoms with Crippen molar-refractivity contribution < 1.29 is 9.90 Å². The monoisotopic (exact) mass is 388 g/mol. The molecular formula is C19H21BrN2O2. The lowest BCUT2D eigenvalue weighted by molar-refractivity contribution is -0.144. The van der Waals surface area contributed by atoms with Crippen molar-refractivity contribution >= 4 is 27.6 Å². The Morgan fingerprint density at radius 3 is 2.29 bits per heavy atom. The van der Waals surface area contributed by atoms with Crippen LogP contribution in [0, 0.1) is 0 Å². The van der Waals surface area contributed by atoms with Crippen LogP contribution in [-0.2, 0) is 11.3 Å². The number of hydrogen-bond donors (Lipinski definition) is 2. The van der Waals surface area contributed by atoms with E-state index in [9.17, 15) is 9.90 Å². The molecule has 0 radical (unpaired) electrons. The molecule has 0 aliphatic carbocycles. The summed E-state index contributed by atoms with van der Waals surface area (Å²) in [5.41, 5.74) is 1.22. The van der Waals surface area contributed by atoms with Gasteiger partial charge < -0.3 is 10.4 Å². The second kappa shape index (κ2) is 7.36. The number of anilines is 1. The van der Waals surface area contributed by atoms with Crippen LogP contribution in [0.2, 0.25) is 0 Å². The molecule has 3 rings (SSSR count). The van der Waals surface area contributed by atoms with Crippen LogP contribution in [0.1, 0.15) is 18.4 Å². The first-order chi connectivity index (χ1) is 11.6. The molecule has 0 spiro atoms. The van der Waals surface area contributed by atoms with Crippen LogP contribution in [0.15, 0.2) is 59.1 Å². The van der Waals surface area contributed by atoms with E-state index in [0.717, 1.165) is 29.8 Å². The summed E-state index contributed by atoms with van der Waals surface area (Å²) in [4.78, 5) is 14.2. The predicted octanol–water partition coefficient (Wildman–Crippen LogP) is 3.98. The van der Waals surface area contributed by atoms with Gasteiger partial charge in [0.25, 0.3) is 0 Å². The van der Waals surface area contributed by atoms with E-state index in [1.165, 1.54) is 5.56 Å². The van der Waals surface area contributed by atoms with Crippen molar-refractivity contribution in [1.29, 1.82) is 0 Å². The molecule has 0 unspecified atom stereocenters. The number of rotatable bonds is 5. The highest BCUT2D eigenvalue weighted by molar-refractivity contribution is 9.10. The molecule has 0 atom stereocenters. The quantitative estimate of drug-likeness (QED) is 0.812. The number of hydrogen-bond acceptors (Lipinski definition) is 3. The summed E-state index contributed by atoms with van der Waals surface area (Å²) in [6.07, 6.45) is 1.18. The third kappa shape index (κ3) is 3.97. The highest BCUT2D eigenvalue weighted by Crippen LogP contribution is 2.29. The van der Waals surface area contributed by atoms with E-state index < -0.39 is 11.5 Å². The maximum Gasteiger partial charge on any atom is 0.329 e. The van der Waals surface area contributed by atoms with Gasteiger partial charge in [-0.25, -0.2) is 4.79 Å². The molecule has 2 aromatic carbocycles. The van der Waals surface area contributed by atoms with Gasteiger partial charge in [-0.3, -0.25) is 4.90 Å². The summed E-state index contributed by atoms with van der Waals surface area (Å²) in [5.74, 6) is -0.773. The summed E-state index contributed by atoms with van der Waals surface area (Å²) in [6, 6.07) is 18.0. The summed E-state index contributed by atoms with van der Waals surface area (Å²) in [5, 5.41) is 13.0. The SMILES string of the molecule is O=C(O)C1(Nc2ccc(Br)cc2)CCN(Cc2ccccc2)CC1. The van der Waals surface area contributed by atoms with Crippen molar-refractivity contribution in [3.63, 3.8) is 0 Å². The molecule has 1 fully saturated rings. The number of carboxylic acids is 1. The zero-order chi connectivity index (χ0) is 17.0.